The second-order valence-corrected chi connectivity index (χ2v) is 7.01. The van der Waals surface area contributed by atoms with Gasteiger partial charge in [-0.15, -0.1) is 0 Å². The summed E-state index contributed by atoms with van der Waals surface area (Å²) in [6, 6.07) is 8.55. The van der Waals surface area contributed by atoms with E-state index in [1.807, 2.05) is 37.2 Å². The van der Waals surface area contributed by atoms with E-state index in [1.54, 1.807) is 19.3 Å². The molecule has 0 saturated heterocycles. The molecule has 4 rings (SSSR count). The molecule has 4 aromatic rings. The van der Waals surface area contributed by atoms with Crippen molar-refractivity contribution in [3.63, 3.8) is 0 Å². The normalized spacial score (nSPS) is 10.8. The molecule has 0 saturated carbocycles. The minimum absolute atomic E-state index is 0.178. The van der Waals surface area contributed by atoms with Gasteiger partial charge in [-0.3, -0.25) is 15.3 Å². The summed E-state index contributed by atoms with van der Waals surface area (Å²) in [7, 11) is 3.86. The van der Waals surface area contributed by atoms with Gasteiger partial charge in [-0.1, -0.05) is 0 Å². The number of benzene rings is 1. The highest BCUT2D eigenvalue weighted by molar-refractivity contribution is 5.97. The van der Waals surface area contributed by atoms with E-state index in [0.29, 0.717) is 16.6 Å². The van der Waals surface area contributed by atoms with Gasteiger partial charge in [0.2, 0.25) is 5.95 Å². The Morgan fingerprint density at radius 1 is 1.23 bits per heavy atom. The smallest absolute Gasteiger partial charge is 0.413 e. The van der Waals surface area contributed by atoms with Crippen molar-refractivity contribution in [1.82, 2.24) is 19.9 Å². The maximum Gasteiger partial charge on any atom is 0.413 e. The number of ether oxygens (including phenoxy) is 1. The van der Waals surface area contributed by atoms with Crippen molar-refractivity contribution in [3.8, 4) is 22.4 Å². The molecule has 2 N–H and O–H groups in total. The van der Waals surface area contributed by atoms with Crippen LogP contribution in [-0.4, -0.2) is 46.7 Å². The van der Waals surface area contributed by atoms with Crippen LogP contribution in [-0.2, 0) is 4.74 Å². The van der Waals surface area contributed by atoms with Crippen LogP contribution in [0.5, 0.6) is 0 Å². The highest BCUT2D eigenvalue weighted by atomic mass is 19.1. The number of hydrogen-bond donors (Lipinski definition) is 2. The van der Waals surface area contributed by atoms with Crippen LogP contribution < -0.4 is 10.2 Å². The Hall–Kier alpha value is -4.01. The number of amides is 1. The van der Waals surface area contributed by atoms with Crippen LogP contribution >= 0.6 is 0 Å². The molecule has 0 aliphatic rings. The molecule has 0 spiro atoms. The summed E-state index contributed by atoms with van der Waals surface area (Å²) in [5.74, 6) is -0.265. The van der Waals surface area contributed by atoms with Crippen molar-refractivity contribution in [1.29, 1.82) is 0 Å². The van der Waals surface area contributed by atoms with Gasteiger partial charge >= 0.3 is 6.09 Å². The van der Waals surface area contributed by atoms with Crippen LogP contribution in [0.2, 0.25) is 0 Å². The van der Waals surface area contributed by atoms with E-state index in [4.69, 9.17) is 4.74 Å². The fourth-order valence-electron chi connectivity index (χ4n) is 3.20. The van der Waals surface area contributed by atoms with Gasteiger partial charge in [0.1, 0.15) is 11.5 Å². The SMILES string of the molecule is CCOC(=O)Nc1nc2cc(-c3cncc(N(C)C)c3)cc(-c3ncccc3F)c2[nH]1. The summed E-state index contributed by atoms with van der Waals surface area (Å²) in [6.07, 6.45) is 4.39. The quantitative estimate of drug-likeness (QED) is 0.495. The molecule has 158 valence electrons. The number of pyridine rings is 2. The number of rotatable bonds is 5. The number of fused-ring (bicyclic) bond motifs is 1. The van der Waals surface area contributed by atoms with E-state index in [2.05, 4.69) is 25.3 Å². The van der Waals surface area contributed by atoms with E-state index in [0.717, 1.165) is 16.8 Å². The molecular formula is C22H21FN6O2. The summed E-state index contributed by atoms with van der Waals surface area (Å²) in [4.78, 5) is 29.8. The molecule has 3 heterocycles. The number of H-pyrrole nitrogens is 1. The number of nitrogens with zero attached hydrogens (tertiary/aromatic N) is 4. The number of aromatic nitrogens is 4. The number of imidazole rings is 1. The van der Waals surface area contributed by atoms with Crippen LogP contribution in [0.4, 0.5) is 20.8 Å². The number of carbonyl (C=O) groups is 1. The average molecular weight is 420 g/mol. The Labute approximate surface area is 178 Å². The summed E-state index contributed by atoms with van der Waals surface area (Å²) >= 11 is 0. The minimum Gasteiger partial charge on any atom is -0.450 e. The first-order chi connectivity index (χ1) is 15.0. The van der Waals surface area contributed by atoms with Crippen LogP contribution in [0.1, 0.15) is 6.92 Å². The Kier molecular flexibility index (Phi) is 5.48. The van der Waals surface area contributed by atoms with E-state index in [1.165, 1.54) is 18.3 Å². The molecule has 0 bridgehead atoms. The fourth-order valence-corrected chi connectivity index (χ4v) is 3.20. The molecule has 0 atom stereocenters. The number of aromatic amines is 1. The zero-order valence-electron chi connectivity index (χ0n) is 17.3. The molecular weight excluding hydrogens is 399 g/mol. The topological polar surface area (TPSA) is 96.0 Å². The first kappa shape index (κ1) is 20.3. The lowest BCUT2D eigenvalue weighted by atomic mass is 10.0. The molecule has 31 heavy (non-hydrogen) atoms. The maximum atomic E-state index is 14.6. The lowest BCUT2D eigenvalue weighted by Gasteiger charge is -2.13. The Balaban J connectivity index is 1.90. The first-order valence-corrected chi connectivity index (χ1v) is 9.67. The fraction of sp³-hybridized carbons (Fsp3) is 0.182. The Morgan fingerprint density at radius 3 is 2.81 bits per heavy atom. The van der Waals surface area contributed by atoms with Crippen molar-refractivity contribution in [3.05, 3.63) is 54.7 Å². The molecule has 1 aromatic carbocycles. The van der Waals surface area contributed by atoms with Gasteiger partial charge in [0.25, 0.3) is 0 Å². The Bertz CT molecular complexity index is 1250. The minimum atomic E-state index is -0.629. The number of carbonyl (C=O) groups excluding carboxylic acids is 1. The van der Waals surface area contributed by atoms with E-state index < -0.39 is 11.9 Å². The number of nitrogens with one attached hydrogen (secondary N) is 2. The van der Waals surface area contributed by atoms with Gasteiger partial charge in [-0.05, 0) is 42.8 Å². The van der Waals surface area contributed by atoms with Crippen molar-refractivity contribution in [2.24, 2.45) is 0 Å². The van der Waals surface area contributed by atoms with Crippen LogP contribution in [0.3, 0.4) is 0 Å². The highest BCUT2D eigenvalue weighted by Gasteiger charge is 2.17. The van der Waals surface area contributed by atoms with Gasteiger partial charge in [0.05, 0.1) is 29.5 Å². The Morgan fingerprint density at radius 2 is 2.06 bits per heavy atom. The zero-order chi connectivity index (χ0) is 22.0. The molecule has 0 unspecified atom stereocenters. The summed E-state index contributed by atoms with van der Waals surface area (Å²) in [6.45, 7) is 1.94. The first-order valence-electron chi connectivity index (χ1n) is 9.67. The second kappa shape index (κ2) is 8.39. The van der Waals surface area contributed by atoms with Gasteiger partial charge in [0, 0.05) is 37.6 Å². The number of halogens is 1. The van der Waals surface area contributed by atoms with Crippen molar-refractivity contribution < 1.29 is 13.9 Å². The van der Waals surface area contributed by atoms with Crippen LogP contribution in [0.25, 0.3) is 33.4 Å². The van der Waals surface area contributed by atoms with Crippen molar-refractivity contribution in [2.45, 2.75) is 6.92 Å². The molecule has 1 amide bonds. The molecule has 0 fully saturated rings. The monoisotopic (exact) mass is 420 g/mol. The standard InChI is InChI=1S/C22H21FN6O2/c1-4-31-22(30)28-21-26-18-10-13(14-8-15(29(2)3)12-24-11-14)9-16(20(18)27-21)19-17(23)6-5-7-25-19/h5-12H,4H2,1-3H3,(H2,26,27,28,30). The second-order valence-electron chi connectivity index (χ2n) is 7.01. The summed E-state index contributed by atoms with van der Waals surface area (Å²) in [5.41, 5.74) is 4.34. The number of anilines is 2. The van der Waals surface area contributed by atoms with Crippen molar-refractivity contribution >= 4 is 28.8 Å². The highest BCUT2D eigenvalue weighted by Crippen LogP contribution is 2.34. The van der Waals surface area contributed by atoms with Gasteiger partial charge in [-0.25, -0.2) is 14.2 Å². The zero-order valence-corrected chi connectivity index (χ0v) is 17.3. The molecule has 0 radical (unpaired) electrons. The van der Waals surface area contributed by atoms with Crippen LogP contribution in [0, 0.1) is 5.82 Å². The van der Waals surface area contributed by atoms with E-state index in [9.17, 15) is 9.18 Å². The average Bonchev–Trinajstić information content (AvgIpc) is 3.16. The predicted molar refractivity (Wildman–Crippen MR) is 117 cm³/mol. The third-order valence-electron chi connectivity index (χ3n) is 4.68. The summed E-state index contributed by atoms with van der Waals surface area (Å²) < 4.78 is 19.5. The maximum absolute atomic E-state index is 14.6. The molecule has 0 aliphatic heterocycles. The van der Waals surface area contributed by atoms with Crippen molar-refractivity contribution in [2.75, 3.05) is 30.9 Å². The third kappa shape index (κ3) is 4.16. The predicted octanol–water partition coefficient (Wildman–Crippen LogP) is 4.46. The van der Waals surface area contributed by atoms with E-state index >= 15 is 0 Å². The van der Waals surface area contributed by atoms with Gasteiger partial charge in [0.15, 0.2) is 0 Å². The lowest BCUT2D eigenvalue weighted by Crippen LogP contribution is -2.14. The van der Waals surface area contributed by atoms with E-state index in [-0.39, 0.29) is 18.2 Å². The summed E-state index contributed by atoms with van der Waals surface area (Å²) in [5, 5.41) is 2.55. The van der Waals surface area contributed by atoms with Gasteiger partial charge in [-0.2, -0.15) is 0 Å². The molecule has 9 heteroatoms. The van der Waals surface area contributed by atoms with Gasteiger partial charge < -0.3 is 14.6 Å². The number of hydrogen-bond acceptors (Lipinski definition) is 6. The third-order valence-corrected chi connectivity index (χ3v) is 4.68. The molecule has 3 aromatic heterocycles. The molecule has 8 nitrogen and oxygen atoms in total. The lowest BCUT2D eigenvalue weighted by molar-refractivity contribution is 0.167. The van der Waals surface area contributed by atoms with Crippen LogP contribution in [0.15, 0.2) is 48.9 Å². The molecule has 0 aliphatic carbocycles. The largest absolute Gasteiger partial charge is 0.450 e.